The van der Waals surface area contributed by atoms with Crippen molar-refractivity contribution >= 4 is 17.1 Å². The Morgan fingerprint density at radius 1 is 1.59 bits per heavy atom. The molecule has 0 radical (unpaired) electrons. The standard InChI is InChI=1S/C14H21NOS/c1-3-6-14(7-4-8-15-10-14)13(16)12-11(2)5-9-17-12/h5,9,15H,3-4,6-8,10H2,1-2H3. The Morgan fingerprint density at radius 2 is 2.41 bits per heavy atom. The van der Waals surface area contributed by atoms with E-state index in [1.165, 1.54) is 0 Å². The molecule has 1 N–H and O–H groups in total. The van der Waals surface area contributed by atoms with Crippen molar-refractivity contribution in [2.75, 3.05) is 13.1 Å². The summed E-state index contributed by atoms with van der Waals surface area (Å²) in [6.07, 6.45) is 4.26. The normalized spacial score (nSPS) is 24.8. The quantitative estimate of drug-likeness (QED) is 0.831. The number of nitrogens with one attached hydrogen (secondary N) is 1. The molecule has 1 aromatic heterocycles. The van der Waals surface area contributed by atoms with E-state index >= 15 is 0 Å². The Bertz CT molecular complexity index is 385. The molecule has 1 aliphatic rings. The van der Waals surface area contributed by atoms with Gasteiger partial charge in [0.05, 0.1) is 4.88 Å². The summed E-state index contributed by atoms with van der Waals surface area (Å²) in [5.74, 6) is 0.374. The summed E-state index contributed by atoms with van der Waals surface area (Å²) < 4.78 is 0. The number of aryl methyl sites for hydroxylation is 1. The van der Waals surface area contributed by atoms with E-state index in [2.05, 4.69) is 12.2 Å². The minimum absolute atomic E-state index is 0.136. The smallest absolute Gasteiger partial charge is 0.180 e. The maximum absolute atomic E-state index is 12.8. The Hall–Kier alpha value is -0.670. The van der Waals surface area contributed by atoms with Crippen LogP contribution in [0.15, 0.2) is 11.4 Å². The molecule has 3 heteroatoms. The molecule has 1 fully saturated rings. The lowest BCUT2D eigenvalue weighted by Crippen LogP contribution is -2.45. The molecule has 1 aromatic rings. The molecule has 0 spiro atoms. The van der Waals surface area contributed by atoms with E-state index in [4.69, 9.17) is 0 Å². The van der Waals surface area contributed by atoms with Crippen LogP contribution in [0.5, 0.6) is 0 Å². The van der Waals surface area contributed by atoms with Crippen LogP contribution in [0.1, 0.15) is 47.8 Å². The first-order valence-corrected chi connectivity index (χ1v) is 7.37. The van der Waals surface area contributed by atoms with Crippen molar-refractivity contribution in [3.63, 3.8) is 0 Å². The van der Waals surface area contributed by atoms with Gasteiger partial charge in [-0.05, 0) is 49.7 Å². The summed E-state index contributed by atoms with van der Waals surface area (Å²) >= 11 is 1.60. The number of carbonyl (C=O) groups is 1. The molecule has 1 saturated heterocycles. The zero-order valence-electron chi connectivity index (χ0n) is 10.7. The minimum atomic E-state index is -0.136. The van der Waals surface area contributed by atoms with Gasteiger partial charge in [0, 0.05) is 12.0 Å². The van der Waals surface area contributed by atoms with Crippen LogP contribution in [0.3, 0.4) is 0 Å². The van der Waals surface area contributed by atoms with Crippen molar-refractivity contribution in [1.29, 1.82) is 0 Å². The highest BCUT2D eigenvalue weighted by Crippen LogP contribution is 2.37. The lowest BCUT2D eigenvalue weighted by molar-refractivity contribution is 0.0722. The van der Waals surface area contributed by atoms with Gasteiger partial charge in [0.1, 0.15) is 0 Å². The van der Waals surface area contributed by atoms with E-state index < -0.39 is 0 Å². The molecule has 2 nitrogen and oxygen atoms in total. The number of carbonyl (C=O) groups excluding carboxylic acids is 1. The Kier molecular flexibility index (Phi) is 4.00. The van der Waals surface area contributed by atoms with E-state index in [1.54, 1.807) is 11.3 Å². The van der Waals surface area contributed by atoms with E-state index in [-0.39, 0.29) is 5.41 Å². The van der Waals surface area contributed by atoms with Gasteiger partial charge in [-0.3, -0.25) is 4.79 Å². The molecule has 0 saturated carbocycles. The molecular formula is C14H21NOS. The van der Waals surface area contributed by atoms with Gasteiger partial charge in [0.2, 0.25) is 0 Å². The van der Waals surface area contributed by atoms with Crippen molar-refractivity contribution in [2.45, 2.75) is 39.5 Å². The van der Waals surface area contributed by atoms with Crippen LogP contribution in [-0.4, -0.2) is 18.9 Å². The fraction of sp³-hybridized carbons (Fsp3) is 0.643. The average molecular weight is 251 g/mol. The fourth-order valence-corrected chi connectivity index (χ4v) is 3.80. The maximum atomic E-state index is 12.8. The van der Waals surface area contributed by atoms with Gasteiger partial charge in [-0.1, -0.05) is 13.3 Å². The zero-order valence-corrected chi connectivity index (χ0v) is 11.5. The van der Waals surface area contributed by atoms with E-state index in [1.807, 2.05) is 18.4 Å². The van der Waals surface area contributed by atoms with E-state index in [0.29, 0.717) is 5.78 Å². The molecule has 1 atom stereocenters. The topological polar surface area (TPSA) is 29.1 Å². The minimum Gasteiger partial charge on any atom is -0.316 e. The fourth-order valence-electron chi connectivity index (χ4n) is 2.81. The number of hydrogen-bond acceptors (Lipinski definition) is 3. The van der Waals surface area contributed by atoms with Gasteiger partial charge in [0.25, 0.3) is 0 Å². The summed E-state index contributed by atoms with van der Waals surface area (Å²) in [5, 5.41) is 5.43. The van der Waals surface area contributed by atoms with Crippen molar-refractivity contribution in [3.8, 4) is 0 Å². The second kappa shape index (κ2) is 5.32. The first kappa shape index (κ1) is 12.8. The number of rotatable bonds is 4. The number of ketones is 1. The van der Waals surface area contributed by atoms with Crippen LogP contribution in [-0.2, 0) is 0 Å². The first-order valence-electron chi connectivity index (χ1n) is 6.49. The number of Topliss-reactive ketones (excluding diaryl/α,β-unsaturated/α-hetero) is 1. The highest BCUT2D eigenvalue weighted by Gasteiger charge is 2.39. The molecule has 2 rings (SSSR count). The van der Waals surface area contributed by atoms with Crippen molar-refractivity contribution in [2.24, 2.45) is 5.41 Å². The summed E-state index contributed by atoms with van der Waals surface area (Å²) in [7, 11) is 0. The predicted octanol–water partition coefficient (Wildman–Crippen LogP) is 3.41. The first-order chi connectivity index (χ1) is 8.19. The van der Waals surface area contributed by atoms with Gasteiger partial charge in [-0.15, -0.1) is 11.3 Å². The second-order valence-corrected chi connectivity index (χ2v) is 5.99. The molecule has 1 unspecified atom stereocenters. The number of hydrogen-bond donors (Lipinski definition) is 1. The molecular weight excluding hydrogens is 230 g/mol. The molecule has 0 amide bonds. The molecule has 2 heterocycles. The Labute approximate surface area is 107 Å². The molecule has 1 aliphatic heterocycles. The van der Waals surface area contributed by atoms with Crippen LogP contribution < -0.4 is 5.32 Å². The van der Waals surface area contributed by atoms with Gasteiger partial charge < -0.3 is 5.32 Å². The van der Waals surface area contributed by atoms with Crippen molar-refractivity contribution < 1.29 is 4.79 Å². The predicted molar refractivity (Wildman–Crippen MR) is 72.8 cm³/mol. The third kappa shape index (κ3) is 2.45. The molecule has 94 valence electrons. The van der Waals surface area contributed by atoms with Crippen LogP contribution in [0.2, 0.25) is 0 Å². The molecule has 17 heavy (non-hydrogen) atoms. The Morgan fingerprint density at radius 3 is 2.94 bits per heavy atom. The SMILES string of the molecule is CCCC1(C(=O)c2sccc2C)CCCNC1. The molecule has 0 bridgehead atoms. The van der Waals surface area contributed by atoms with Gasteiger partial charge >= 0.3 is 0 Å². The third-order valence-electron chi connectivity index (χ3n) is 3.75. The highest BCUT2D eigenvalue weighted by atomic mass is 32.1. The largest absolute Gasteiger partial charge is 0.316 e. The summed E-state index contributed by atoms with van der Waals surface area (Å²) in [4.78, 5) is 13.7. The van der Waals surface area contributed by atoms with Crippen molar-refractivity contribution in [3.05, 3.63) is 21.9 Å². The van der Waals surface area contributed by atoms with Gasteiger partial charge in [-0.25, -0.2) is 0 Å². The van der Waals surface area contributed by atoms with Crippen LogP contribution in [0.25, 0.3) is 0 Å². The summed E-state index contributed by atoms with van der Waals surface area (Å²) in [6, 6.07) is 2.05. The molecule has 0 aromatic carbocycles. The van der Waals surface area contributed by atoms with Gasteiger partial charge in [-0.2, -0.15) is 0 Å². The number of thiophene rings is 1. The number of piperidine rings is 1. The summed E-state index contributed by atoms with van der Waals surface area (Å²) in [5.41, 5.74) is 1.00. The zero-order chi connectivity index (χ0) is 12.3. The average Bonchev–Trinajstić information content (AvgIpc) is 2.76. The van der Waals surface area contributed by atoms with Crippen LogP contribution >= 0.6 is 11.3 Å². The van der Waals surface area contributed by atoms with Crippen LogP contribution in [0, 0.1) is 12.3 Å². The molecule has 0 aliphatic carbocycles. The van der Waals surface area contributed by atoms with Crippen LogP contribution in [0.4, 0.5) is 0 Å². The second-order valence-electron chi connectivity index (χ2n) is 5.07. The third-order valence-corrected chi connectivity index (χ3v) is 4.77. The van der Waals surface area contributed by atoms with E-state index in [9.17, 15) is 4.79 Å². The Balaban J connectivity index is 2.27. The lowest BCUT2D eigenvalue weighted by atomic mass is 9.73. The van der Waals surface area contributed by atoms with Gasteiger partial charge in [0.15, 0.2) is 5.78 Å². The van der Waals surface area contributed by atoms with Crippen molar-refractivity contribution in [1.82, 2.24) is 5.32 Å². The lowest BCUT2D eigenvalue weighted by Gasteiger charge is -2.36. The van der Waals surface area contributed by atoms with E-state index in [0.717, 1.165) is 49.2 Å². The summed E-state index contributed by atoms with van der Waals surface area (Å²) in [6.45, 7) is 6.13. The highest BCUT2D eigenvalue weighted by molar-refractivity contribution is 7.12. The monoisotopic (exact) mass is 251 g/mol. The maximum Gasteiger partial charge on any atom is 0.180 e.